The minimum atomic E-state index is -0.539. The largest absolute Gasteiger partial charge is 0.464 e. The van der Waals surface area contributed by atoms with E-state index < -0.39 is 5.97 Å². The van der Waals surface area contributed by atoms with Gasteiger partial charge >= 0.3 is 5.97 Å². The topological polar surface area (TPSA) is 64.3 Å². The number of methoxy groups -OCH3 is 1. The molecule has 0 aliphatic rings. The lowest BCUT2D eigenvalue weighted by Crippen LogP contribution is -2.30. The van der Waals surface area contributed by atoms with Crippen LogP contribution < -0.4 is 11.1 Å². The van der Waals surface area contributed by atoms with Gasteiger partial charge in [-0.2, -0.15) is 0 Å². The molecule has 0 amide bonds. The Bertz CT molecular complexity index is 451. The lowest BCUT2D eigenvalue weighted by atomic mass is 10.2. The van der Waals surface area contributed by atoms with Gasteiger partial charge in [0.25, 0.3) is 0 Å². The molecule has 1 aromatic carbocycles. The Labute approximate surface area is 105 Å². The molecular formula is C12H14N2O2S. The quantitative estimate of drug-likeness (QED) is 0.481. The van der Waals surface area contributed by atoms with E-state index in [0.29, 0.717) is 10.7 Å². The highest BCUT2D eigenvalue weighted by atomic mass is 32.1. The molecule has 4 nitrogen and oxygen atoms in total. The van der Waals surface area contributed by atoms with Crippen LogP contribution >= 0.6 is 12.2 Å². The summed E-state index contributed by atoms with van der Waals surface area (Å²) in [5.41, 5.74) is 6.90. The Morgan fingerprint density at radius 2 is 1.94 bits per heavy atom. The van der Waals surface area contributed by atoms with Crippen LogP contribution in [0.25, 0.3) is 0 Å². The molecule has 0 saturated heterocycles. The average molecular weight is 250 g/mol. The fourth-order valence-electron chi connectivity index (χ4n) is 1.19. The number of nitrogens with one attached hydrogen (secondary N) is 1. The van der Waals surface area contributed by atoms with Crippen molar-refractivity contribution >= 4 is 23.2 Å². The molecule has 90 valence electrons. The Morgan fingerprint density at radius 3 is 2.41 bits per heavy atom. The number of carbonyl (C=O) groups excluding carboxylic acids is 1. The smallest absolute Gasteiger partial charge is 0.356 e. The normalized spacial score (nSPS) is 11.4. The van der Waals surface area contributed by atoms with Gasteiger partial charge in [-0.15, -0.1) is 0 Å². The van der Waals surface area contributed by atoms with Crippen LogP contribution in [-0.4, -0.2) is 18.1 Å². The Balaban J connectivity index is 2.87. The van der Waals surface area contributed by atoms with Gasteiger partial charge in [-0.3, -0.25) is 0 Å². The zero-order chi connectivity index (χ0) is 12.8. The van der Waals surface area contributed by atoms with E-state index in [-0.39, 0.29) is 5.70 Å². The summed E-state index contributed by atoms with van der Waals surface area (Å²) in [7, 11) is 1.29. The minimum Gasteiger partial charge on any atom is -0.464 e. The maximum Gasteiger partial charge on any atom is 0.356 e. The SMILES string of the molecule is COC(=O)C(NC(=S)c1ccccc1)=C(C)N. The molecule has 5 heteroatoms. The number of rotatable bonds is 3. The van der Waals surface area contributed by atoms with Crippen molar-refractivity contribution in [2.45, 2.75) is 6.92 Å². The number of hydrogen-bond donors (Lipinski definition) is 2. The number of allylic oxidation sites excluding steroid dienone is 1. The average Bonchev–Trinajstić information content (AvgIpc) is 2.35. The summed E-state index contributed by atoms with van der Waals surface area (Å²) >= 11 is 5.17. The number of esters is 1. The molecule has 17 heavy (non-hydrogen) atoms. The molecule has 0 heterocycles. The van der Waals surface area contributed by atoms with Crippen LogP contribution in [0.2, 0.25) is 0 Å². The van der Waals surface area contributed by atoms with E-state index in [1.54, 1.807) is 6.92 Å². The van der Waals surface area contributed by atoms with Crippen molar-refractivity contribution in [3.8, 4) is 0 Å². The van der Waals surface area contributed by atoms with Gasteiger partial charge in [-0.05, 0) is 6.92 Å². The summed E-state index contributed by atoms with van der Waals surface area (Å²) in [6, 6.07) is 9.30. The fourth-order valence-corrected chi connectivity index (χ4v) is 1.43. The van der Waals surface area contributed by atoms with Crippen LogP contribution in [-0.2, 0) is 9.53 Å². The second kappa shape index (κ2) is 6.00. The molecule has 0 aliphatic heterocycles. The predicted octanol–water partition coefficient (Wildman–Crippen LogP) is 1.31. The van der Waals surface area contributed by atoms with Gasteiger partial charge in [-0.25, -0.2) is 4.79 Å². The summed E-state index contributed by atoms with van der Waals surface area (Å²) in [4.78, 5) is 11.9. The van der Waals surface area contributed by atoms with Gasteiger partial charge in [0.2, 0.25) is 0 Å². The van der Waals surface area contributed by atoms with Crippen LogP contribution in [0.3, 0.4) is 0 Å². The van der Waals surface area contributed by atoms with Crippen molar-refractivity contribution < 1.29 is 9.53 Å². The summed E-state index contributed by atoms with van der Waals surface area (Å²) in [5, 5.41) is 2.79. The maximum absolute atomic E-state index is 11.4. The van der Waals surface area contributed by atoms with E-state index in [4.69, 9.17) is 18.0 Å². The first-order valence-corrected chi connectivity index (χ1v) is 5.38. The molecule has 1 rings (SSSR count). The molecule has 1 aromatic rings. The van der Waals surface area contributed by atoms with E-state index in [1.165, 1.54) is 7.11 Å². The highest BCUT2D eigenvalue weighted by Crippen LogP contribution is 2.04. The first-order valence-electron chi connectivity index (χ1n) is 4.97. The summed E-state index contributed by atoms with van der Waals surface area (Å²) < 4.78 is 4.61. The van der Waals surface area contributed by atoms with E-state index >= 15 is 0 Å². The standard InChI is InChI=1S/C12H14N2O2S/c1-8(13)10(12(15)16-2)14-11(17)9-6-4-3-5-7-9/h3-7H,13H2,1-2H3,(H,14,17). The molecular weight excluding hydrogens is 236 g/mol. The number of thiocarbonyl (C=S) groups is 1. The second-order valence-corrected chi connectivity index (χ2v) is 3.78. The monoisotopic (exact) mass is 250 g/mol. The zero-order valence-corrected chi connectivity index (χ0v) is 10.5. The lowest BCUT2D eigenvalue weighted by Gasteiger charge is -2.11. The Morgan fingerprint density at radius 1 is 1.35 bits per heavy atom. The Hall–Kier alpha value is -1.88. The third-order valence-corrected chi connectivity index (χ3v) is 2.40. The van der Waals surface area contributed by atoms with Crippen molar-refractivity contribution in [1.29, 1.82) is 0 Å². The third kappa shape index (κ3) is 3.57. The van der Waals surface area contributed by atoms with Crippen molar-refractivity contribution in [3.05, 3.63) is 47.3 Å². The van der Waals surface area contributed by atoms with E-state index in [9.17, 15) is 4.79 Å². The number of ether oxygens (including phenoxy) is 1. The van der Waals surface area contributed by atoms with Gasteiger partial charge in [0.05, 0.1) is 7.11 Å². The van der Waals surface area contributed by atoms with Crippen molar-refractivity contribution in [2.75, 3.05) is 7.11 Å². The first kappa shape index (κ1) is 13.2. The predicted molar refractivity (Wildman–Crippen MR) is 70.2 cm³/mol. The molecule has 0 bridgehead atoms. The Kier molecular flexibility index (Phi) is 4.66. The molecule has 0 saturated carbocycles. The molecule has 0 radical (unpaired) electrons. The van der Waals surface area contributed by atoms with Gasteiger partial charge in [0.15, 0.2) is 0 Å². The molecule has 3 N–H and O–H groups in total. The van der Waals surface area contributed by atoms with Crippen LogP contribution in [0, 0.1) is 0 Å². The zero-order valence-electron chi connectivity index (χ0n) is 9.69. The first-order chi connectivity index (χ1) is 8.06. The van der Waals surface area contributed by atoms with Gasteiger partial charge in [-0.1, -0.05) is 42.5 Å². The van der Waals surface area contributed by atoms with Crippen LogP contribution in [0.5, 0.6) is 0 Å². The molecule has 0 unspecified atom stereocenters. The van der Waals surface area contributed by atoms with Crippen molar-refractivity contribution in [1.82, 2.24) is 5.32 Å². The van der Waals surface area contributed by atoms with E-state index in [0.717, 1.165) is 5.56 Å². The van der Waals surface area contributed by atoms with Gasteiger partial charge < -0.3 is 15.8 Å². The van der Waals surface area contributed by atoms with Crippen LogP contribution in [0.1, 0.15) is 12.5 Å². The number of nitrogens with two attached hydrogens (primary N) is 1. The highest BCUT2D eigenvalue weighted by Gasteiger charge is 2.14. The van der Waals surface area contributed by atoms with E-state index in [1.807, 2.05) is 30.3 Å². The molecule has 0 fully saturated rings. The number of carbonyl (C=O) groups is 1. The second-order valence-electron chi connectivity index (χ2n) is 3.37. The molecule has 0 aliphatic carbocycles. The molecule has 0 atom stereocenters. The van der Waals surface area contributed by atoms with E-state index in [2.05, 4.69) is 10.1 Å². The number of hydrogen-bond acceptors (Lipinski definition) is 4. The molecule has 0 spiro atoms. The number of benzene rings is 1. The fraction of sp³-hybridized carbons (Fsp3) is 0.167. The summed E-state index contributed by atoms with van der Waals surface area (Å²) in [6.45, 7) is 1.60. The van der Waals surface area contributed by atoms with Crippen LogP contribution in [0.4, 0.5) is 0 Å². The maximum atomic E-state index is 11.4. The van der Waals surface area contributed by atoms with Gasteiger partial charge in [0, 0.05) is 11.3 Å². The van der Waals surface area contributed by atoms with Gasteiger partial charge in [0.1, 0.15) is 10.7 Å². The van der Waals surface area contributed by atoms with Crippen molar-refractivity contribution in [3.63, 3.8) is 0 Å². The van der Waals surface area contributed by atoms with Crippen LogP contribution in [0.15, 0.2) is 41.7 Å². The minimum absolute atomic E-state index is 0.168. The molecule has 0 aromatic heterocycles. The van der Waals surface area contributed by atoms with Crippen molar-refractivity contribution in [2.24, 2.45) is 5.73 Å². The highest BCUT2D eigenvalue weighted by molar-refractivity contribution is 7.80. The summed E-state index contributed by atoms with van der Waals surface area (Å²) in [5.74, 6) is -0.539. The summed E-state index contributed by atoms with van der Waals surface area (Å²) in [6.07, 6.45) is 0. The third-order valence-electron chi connectivity index (χ3n) is 2.06. The lowest BCUT2D eigenvalue weighted by molar-refractivity contribution is -0.136.